The van der Waals surface area contributed by atoms with E-state index in [1.54, 1.807) is 0 Å². The second kappa shape index (κ2) is 10.6. The van der Waals surface area contributed by atoms with Crippen LogP contribution in [0.15, 0.2) is 133 Å². The fraction of sp³-hybridized carbons (Fsp3) is 0.233. The molecule has 1 aliphatic heterocycles. The van der Waals surface area contributed by atoms with Gasteiger partial charge in [0.15, 0.2) is 11.5 Å². The zero-order chi connectivity index (χ0) is 32.3. The van der Waals surface area contributed by atoms with Crippen molar-refractivity contribution in [3.63, 3.8) is 0 Å². The van der Waals surface area contributed by atoms with Crippen molar-refractivity contribution in [2.45, 2.75) is 63.6 Å². The van der Waals surface area contributed by atoms with E-state index in [9.17, 15) is 0 Å². The van der Waals surface area contributed by atoms with Crippen LogP contribution in [0.1, 0.15) is 74.9 Å². The molecule has 1 heterocycles. The first-order chi connectivity index (χ1) is 22.0. The molecule has 0 radical (unpaired) electrons. The van der Waals surface area contributed by atoms with Crippen LogP contribution in [0.5, 0.6) is 11.5 Å². The molecule has 0 bridgehead atoms. The maximum Gasteiger partial charge on any atom is 0.244 e. The summed E-state index contributed by atoms with van der Waals surface area (Å²) in [5.41, 5.74) is 3.52. The number of carbonyl (C=O) groups excluding carboxylic acids is 1. The molecule has 5 aromatic carbocycles. The molecular formula is C43H40O3. The van der Waals surface area contributed by atoms with E-state index < -0.39 is 11.2 Å². The first-order valence-electron chi connectivity index (χ1n) is 16.1. The van der Waals surface area contributed by atoms with Gasteiger partial charge < -0.3 is 9.47 Å². The molecule has 0 spiro atoms. The Labute approximate surface area is 272 Å². The normalized spacial score (nSPS) is 20.9. The number of fused-ring (bicyclic) bond motifs is 2. The zero-order valence-corrected chi connectivity index (χ0v) is 27.4. The minimum absolute atomic E-state index is 0.128. The predicted molar refractivity (Wildman–Crippen MR) is 186 cm³/mol. The summed E-state index contributed by atoms with van der Waals surface area (Å²) in [5, 5.41) is 0. The molecule has 7 rings (SSSR count). The summed E-state index contributed by atoms with van der Waals surface area (Å²) < 4.78 is 15.2. The number of carbonyl (C=O) groups is 1. The average Bonchev–Trinajstić information content (AvgIpc) is 3.29. The largest absolute Gasteiger partial charge is 0.468 e. The molecule has 2 atom stereocenters. The van der Waals surface area contributed by atoms with Gasteiger partial charge in [-0.2, -0.15) is 0 Å². The SMILES string of the molecule is CC(C)(C)c1cc2c(c(C(C)(C)C)c1)OC1(c3ccccc3)C(c3ccccc3)=C(c3ccccc3)C(=O)C1(c1ccccc1)O2. The Balaban J connectivity index is 1.70. The number of ether oxygens (including phenoxy) is 2. The van der Waals surface area contributed by atoms with Gasteiger partial charge in [-0.3, -0.25) is 4.79 Å². The highest BCUT2D eigenvalue weighted by molar-refractivity contribution is 6.37. The molecule has 46 heavy (non-hydrogen) atoms. The highest BCUT2D eigenvalue weighted by atomic mass is 16.6. The average molecular weight is 605 g/mol. The molecule has 0 N–H and O–H groups in total. The van der Waals surface area contributed by atoms with Crippen molar-refractivity contribution in [2.24, 2.45) is 0 Å². The molecule has 2 aliphatic rings. The Morgan fingerprint density at radius 1 is 0.522 bits per heavy atom. The van der Waals surface area contributed by atoms with Gasteiger partial charge in [0, 0.05) is 27.8 Å². The summed E-state index contributed by atoms with van der Waals surface area (Å²) in [7, 11) is 0. The van der Waals surface area contributed by atoms with Gasteiger partial charge in [0.25, 0.3) is 0 Å². The molecule has 0 amide bonds. The second-order valence-corrected chi connectivity index (χ2v) is 14.5. The van der Waals surface area contributed by atoms with Gasteiger partial charge in [-0.25, -0.2) is 0 Å². The summed E-state index contributed by atoms with van der Waals surface area (Å²) in [6.07, 6.45) is 0. The Morgan fingerprint density at radius 3 is 1.50 bits per heavy atom. The fourth-order valence-corrected chi connectivity index (χ4v) is 7.11. The lowest BCUT2D eigenvalue weighted by atomic mass is 9.69. The minimum Gasteiger partial charge on any atom is -0.468 e. The van der Waals surface area contributed by atoms with E-state index in [1.165, 1.54) is 0 Å². The minimum atomic E-state index is -1.56. The third-order valence-electron chi connectivity index (χ3n) is 9.38. The molecule has 3 heteroatoms. The molecule has 0 saturated heterocycles. The van der Waals surface area contributed by atoms with Crippen LogP contribution in [0.2, 0.25) is 0 Å². The Kier molecular flexibility index (Phi) is 6.86. The second-order valence-electron chi connectivity index (χ2n) is 14.5. The van der Waals surface area contributed by atoms with Crippen molar-refractivity contribution < 1.29 is 14.3 Å². The molecule has 3 nitrogen and oxygen atoms in total. The summed E-state index contributed by atoms with van der Waals surface area (Å²) in [6, 6.07) is 44.6. The summed E-state index contributed by atoms with van der Waals surface area (Å²) >= 11 is 0. The van der Waals surface area contributed by atoms with Crippen LogP contribution in [-0.4, -0.2) is 5.78 Å². The van der Waals surface area contributed by atoms with E-state index >= 15 is 4.79 Å². The van der Waals surface area contributed by atoms with Crippen LogP contribution >= 0.6 is 0 Å². The van der Waals surface area contributed by atoms with Crippen molar-refractivity contribution in [3.05, 3.63) is 167 Å². The standard InChI is InChI=1S/C43H40O3/c1-40(2,3)33-27-34(41(4,5)6)38-35(28-33)45-43(32-25-17-10-18-26-32)39(44)36(29-19-11-7-12-20-29)37(30-21-13-8-14-22-30)42(43,46-38)31-23-15-9-16-24-31/h7-28H,1-6H3. The quantitative estimate of drug-likeness (QED) is 0.205. The van der Waals surface area contributed by atoms with E-state index in [0.717, 1.165) is 39.0 Å². The van der Waals surface area contributed by atoms with Gasteiger partial charge >= 0.3 is 0 Å². The van der Waals surface area contributed by atoms with Crippen molar-refractivity contribution in [3.8, 4) is 11.5 Å². The van der Waals surface area contributed by atoms with Gasteiger partial charge in [-0.1, -0.05) is 169 Å². The Morgan fingerprint density at radius 2 is 1.00 bits per heavy atom. The number of Topliss-reactive ketones (excluding diaryl/α,β-unsaturated/α-hetero) is 1. The maximum atomic E-state index is 15.7. The predicted octanol–water partition coefficient (Wildman–Crippen LogP) is 10.0. The molecule has 5 aromatic rings. The fourth-order valence-electron chi connectivity index (χ4n) is 7.11. The number of hydrogen-bond donors (Lipinski definition) is 0. The van der Waals surface area contributed by atoms with E-state index in [4.69, 9.17) is 9.47 Å². The van der Waals surface area contributed by atoms with Crippen molar-refractivity contribution in [2.75, 3.05) is 0 Å². The summed E-state index contributed by atoms with van der Waals surface area (Å²) in [6.45, 7) is 13.2. The third kappa shape index (κ3) is 4.36. The van der Waals surface area contributed by atoms with Gasteiger partial charge in [-0.05, 0) is 33.6 Å². The monoisotopic (exact) mass is 604 g/mol. The van der Waals surface area contributed by atoms with Crippen molar-refractivity contribution in [1.82, 2.24) is 0 Å². The lowest BCUT2D eigenvalue weighted by Gasteiger charge is -2.51. The molecule has 0 aromatic heterocycles. The number of benzene rings is 5. The van der Waals surface area contributed by atoms with Gasteiger partial charge in [0.05, 0.1) is 0 Å². The molecule has 2 unspecified atom stereocenters. The zero-order valence-electron chi connectivity index (χ0n) is 27.4. The lowest BCUT2D eigenvalue weighted by molar-refractivity contribution is -0.152. The molecule has 1 aliphatic carbocycles. The molecule has 0 saturated carbocycles. The Bertz CT molecular complexity index is 1950. The number of rotatable bonds is 4. The number of ketones is 1. The molecular weight excluding hydrogens is 564 g/mol. The highest BCUT2D eigenvalue weighted by Gasteiger charge is 2.73. The highest BCUT2D eigenvalue weighted by Crippen LogP contribution is 2.66. The third-order valence-corrected chi connectivity index (χ3v) is 9.38. The van der Waals surface area contributed by atoms with E-state index in [0.29, 0.717) is 17.1 Å². The van der Waals surface area contributed by atoms with E-state index in [2.05, 4.69) is 77.9 Å². The number of hydrogen-bond acceptors (Lipinski definition) is 3. The van der Waals surface area contributed by atoms with Crippen LogP contribution in [0.4, 0.5) is 0 Å². The van der Waals surface area contributed by atoms with Gasteiger partial charge in [-0.15, -0.1) is 0 Å². The Hall–Kier alpha value is -4.89. The first-order valence-corrected chi connectivity index (χ1v) is 16.1. The van der Waals surface area contributed by atoms with E-state index in [-0.39, 0.29) is 16.6 Å². The van der Waals surface area contributed by atoms with Crippen LogP contribution in [-0.2, 0) is 26.8 Å². The smallest absolute Gasteiger partial charge is 0.244 e. The topological polar surface area (TPSA) is 35.5 Å². The van der Waals surface area contributed by atoms with Gasteiger partial charge in [0.2, 0.25) is 17.0 Å². The van der Waals surface area contributed by atoms with E-state index in [1.807, 2.05) is 97.1 Å². The van der Waals surface area contributed by atoms with Crippen LogP contribution < -0.4 is 9.47 Å². The first kappa shape index (κ1) is 29.8. The maximum absolute atomic E-state index is 15.7. The van der Waals surface area contributed by atoms with Gasteiger partial charge in [0.1, 0.15) is 0 Å². The van der Waals surface area contributed by atoms with Crippen molar-refractivity contribution in [1.29, 1.82) is 0 Å². The van der Waals surface area contributed by atoms with Crippen molar-refractivity contribution >= 4 is 16.9 Å². The molecule has 230 valence electrons. The summed E-state index contributed by atoms with van der Waals surface area (Å²) in [4.78, 5) is 15.7. The lowest BCUT2D eigenvalue weighted by Crippen LogP contribution is -2.60. The van der Waals surface area contributed by atoms with Crippen LogP contribution in [0, 0.1) is 0 Å². The molecule has 0 fully saturated rings. The van der Waals surface area contributed by atoms with Crippen LogP contribution in [0.25, 0.3) is 11.1 Å². The van der Waals surface area contributed by atoms with Crippen LogP contribution in [0.3, 0.4) is 0 Å². The summed E-state index contributed by atoms with van der Waals surface area (Å²) in [5.74, 6) is 1.13.